The molecule has 0 aliphatic carbocycles. The van der Waals surface area contributed by atoms with Crippen LogP contribution >= 0.6 is 15.9 Å². The summed E-state index contributed by atoms with van der Waals surface area (Å²) in [5.41, 5.74) is -0.472. The quantitative estimate of drug-likeness (QED) is 0.855. The van der Waals surface area contributed by atoms with Gasteiger partial charge in [0, 0.05) is 11.9 Å². The van der Waals surface area contributed by atoms with Crippen molar-refractivity contribution in [2.45, 2.75) is 12.5 Å². The van der Waals surface area contributed by atoms with Crippen LogP contribution in [0.2, 0.25) is 0 Å². The number of nitrogens with zero attached hydrogens (tertiary/aromatic N) is 1. The molecular formula is C14H13BrN2O2. The SMILES string of the molecule is CC(O)(C(=O)Nc1ccnc(Br)c1)c1ccccc1. The van der Waals surface area contributed by atoms with E-state index < -0.39 is 11.5 Å². The Kier molecular flexibility index (Phi) is 3.97. The van der Waals surface area contributed by atoms with Crippen LogP contribution in [0.1, 0.15) is 12.5 Å². The molecule has 1 unspecified atom stereocenters. The van der Waals surface area contributed by atoms with Gasteiger partial charge in [0.1, 0.15) is 4.60 Å². The molecule has 0 saturated carbocycles. The average molecular weight is 321 g/mol. The summed E-state index contributed by atoms with van der Waals surface area (Å²) >= 11 is 3.22. The maximum Gasteiger partial charge on any atom is 0.260 e. The summed E-state index contributed by atoms with van der Waals surface area (Å²) in [4.78, 5) is 16.1. The summed E-state index contributed by atoms with van der Waals surface area (Å²) in [5.74, 6) is -0.489. The van der Waals surface area contributed by atoms with Gasteiger partial charge in [0.15, 0.2) is 5.60 Å². The van der Waals surface area contributed by atoms with Gasteiger partial charge in [-0.25, -0.2) is 4.98 Å². The van der Waals surface area contributed by atoms with Crippen LogP contribution < -0.4 is 5.32 Å². The topological polar surface area (TPSA) is 62.2 Å². The van der Waals surface area contributed by atoms with E-state index in [1.54, 1.807) is 42.6 Å². The number of halogens is 1. The minimum Gasteiger partial charge on any atom is -0.376 e. The molecule has 0 aliphatic rings. The van der Waals surface area contributed by atoms with Crippen LogP contribution in [0.25, 0.3) is 0 Å². The molecule has 4 nitrogen and oxygen atoms in total. The van der Waals surface area contributed by atoms with Gasteiger partial charge in [-0.15, -0.1) is 0 Å². The molecular weight excluding hydrogens is 308 g/mol. The lowest BCUT2D eigenvalue weighted by atomic mass is 9.95. The first kappa shape index (κ1) is 13.7. The molecule has 98 valence electrons. The van der Waals surface area contributed by atoms with Crippen molar-refractivity contribution in [3.63, 3.8) is 0 Å². The lowest BCUT2D eigenvalue weighted by Crippen LogP contribution is -2.37. The van der Waals surface area contributed by atoms with E-state index in [1.165, 1.54) is 6.92 Å². The molecule has 0 radical (unpaired) electrons. The van der Waals surface area contributed by atoms with Crippen molar-refractivity contribution < 1.29 is 9.90 Å². The highest BCUT2D eigenvalue weighted by Crippen LogP contribution is 2.23. The molecule has 0 bridgehead atoms. The second-order valence-corrected chi connectivity index (χ2v) is 5.07. The van der Waals surface area contributed by atoms with Crippen LogP contribution in [0.4, 0.5) is 5.69 Å². The van der Waals surface area contributed by atoms with Crippen molar-refractivity contribution in [1.82, 2.24) is 4.98 Å². The first-order valence-electron chi connectivity index (χ1n) is 5.71. The van der Waals surface area contributed by atoms with Crippen LogP contribution in [0.3, 0.4) is 0 Å². The number of carbonyl (C=O) groups is 1. The molecule has 2 rings (SSSR count). The number of anilines is 1. The summed E-state index contributed by atoms with van der Waals surface area (Å²) in [6.45, 7) is 1.47. The molecule has 0 spiro atoms. The minimum atomic E-state index is -1.59. The highest BCUT2D eigenvalue weighted by Gasteiger charge is 2.32. The highest BCUT2D eigenvalue weighted by molar-refractivity contribution is 9.10. The Balaban J connectivity index is 2.20. The van der Waals surface area contributed by atoms with Crippen molar-refractivity contribution in [3.8, 4) is 0 Å². The zero-order valence-corrected chi connectivity index (χ0v) is 11.9. The van der Waals surface area contributed by atoms with E-state index in [0.717, 1.165) is 0 Å². The van der Waals surface area contributed by atoms with E-state index in [9.17, 15) is 9.90 Å². The Labute approximate surface area is 119 Å². The van der Waals surface area contributed by atoms with E-state index in [0.29, 0.717) is 15.9 Å². The fourth-order valence-electron chi connectivity index (χ4n) is 1.63. The molecule has 1 atom stereocenters. The first-order valence-corrected chi connectivity index (χ1v) is 6.50. The van der Waals surface area contributed by atoms with Crippen molar-refractivity contribution in [1.29, 1.82) is 0 Å². The number of benzene rings is 1. The molecule has 0 fully saturated rings. The van der Waals surface area contributed by atoms with E-state index in [-0.39, 0.29) is 0 Å². The molecule has 19 heavy (non-hydrogen) atoms. The zero-order chi connectivity index (χ0) is 13.9. The lowest BCUT2D eigenvalue weighted by Gasteiger charge is -2.22. The molecule has 5 heteroatoms. The van der Waals surface area contributed by atoms with Crippen molar-refractivity contribution >= 4 is 27.5 Å². The van der Waals surface area contributed by atoms with Crippen LogP contribution in [0, 0.1) is 0 Å². The molecule has 1 amide bonds. The molecule has 1 aromatic carbocycles. The fourth-order valence-corrected chi connectivity index (χ4v) is 1.99. The number of hydrogen-bond donors (Lipinski definition) is 2. The molecule has 1 heterocycles. The van der Waals surface area contributed by atoms with Gasteiger partial charge in [0.2, 0.25) is 0 Å². The molecule has 2 N–H and O–H groups in total. The number of pyridine rings is 1. The molecule has 2 aromatic rings. The second kappa shape index (κ2) is 5.50. The van der Waals surface area contributed by atoms with Gasteiger partial charge in [-0.1, -0.05) is 30.3 Å². The van der Waals surface area contributed by atoms with Crippen LogP contribution in [0.15, 0.2) is 53.3 Å². The Bertz CT molecular complexity index is 585. The van der Waals surface area contributed by atoms with Gasteiger partial charge in [-0.05, 0) is 40.5 Å². The first-order chi connectivity index (χ1) is 9.00. The monoisotopic (exact) mass is 320 g/mol. The summed E-state index contributed by atoms with van der Waals surface area (Å²) in [7, 11) is 0. The third-order valence-electron chi connectivity index (χ3n) is 2.76. The van der Waals surface area contributed by atoms with Gasteiger partial charge in [-0.2, -0.15) is 0 Å². The van der Waals surface area contributed by atoms with Gasteiger partial charge in [-0.3, -0.25) is 4.79 Å². The van der Waals surface area contributed by atoms with E-state index >= 15 is 0 Å². The number of aromatic nitrogens is 1. The summed E-state index contributed by atoms with van der Waals surface area (Å²) < 4.78 is 0.615. The maximum absolute atomic E-state index is 12.1. The smallest absolute Gasteiger partial charge is 0.260 e. The zero-order valence-electron chi connectivity index (χ0n) is 10.3. The number of rotatable bonds is 3. The number of nitrogens with one attached hydrogen (secondary N) is 1. The highest BCUT2D eigenvalue weighted by atomic mass is 79.9. The molecule has 0 saturated heterocycles. The van der Waals surface area contributed by atoms with E-state index in [4.69, 9.17) is 0 Å². The normalized spacial score (nSPS) is 13.6. The number of carbonyl (C=O) groups excluding carboxylic acids is 1. The molecule has 0 aliphatic heterocycles. The summed E-state index contributed by atoms with van der Waals surface area (Å²) in [5, 5.41) is 13.0. The second-order valence-electron chi connectivity index (χ2n) is 4.26. The summed E-state index contributed by atoms with van der Waals surface area (Å²) in [6.07, 6.45) is 1.57. The number of hydrogen-bond acceptors (Lipinski definition) is 3. The third-order valence-corrected chi connectivity index (χ3v) is 3.20. The lowest BCUT2D eigenvalue weighted by molar-refractivity contribution is -0.133. The minimum absolute atomic E-state index is 0.489. The summed E-state index contributed by atoms with van der Waals surface area (Å²) in [6, 6.07) is 12.1. The van der Waals surface area contributed by atoms with E-state index in [1.807, 2.05) is 6.07 Å². The fraction of sp³-hybridized carbons (Fsp3) is 0.143. The Morgan fingerprint density at radius 1 is 1.32 bits per heavy atom. The van der Waals surface area contributed by atoms with Crippen LogP contribution in [0.5, 0.6) is 0 Å². The number of aliphatic hydroxyl groups is 1. The van der Waals surface area contributed by atoms with Crippen LogP contribution in [-0.4, -0.2) is 16.0 Å². The van der Waals surface area contributed by atoms with Gasteiger partial charge in [0.25, 0.3) is 5.91 Å². The third kappa shape index (κ3) is 3.19. The van der Waals surface area contributed by atoms with Crippen LogP contribution in [-0.2, 0) is 10.4 Å². The van der Waals surface area contributed by atoms with Gasteiger partial charge >= 0.3 is 0 Å². The predicted molar refractivity (Wildman–Crippen MR) is 76.6 cm³/mol. The standard InChI is InChI=1S/C14H13BrN2O2/c1-14(19,10-5-3-2-4-6-10)13(18)17-11-7-8-16-12(15)9-11/h2-9,19H,1H3,(H,16,17,18). The maximum atomic E-state index is 12.1. The van der Waals surface area contributed by atoms with E-state index in [2.05, 4.69) is 26.2 Å². The molecule has 1 aromatic heterocycles. The Morgan fingerprint density at radius 2 is 2.00 bits per heavy atom. The Hall–Kier alpha value is -1.72. The number of amides is 1. The Morgan fingerprint density at radius 3 is 2.63 bits per heavy atom. The van der Waals surface area contributed by atoms with Crippen molar-refractivity contribution in [2.75, 3.05) is 5.32 Å². The van der Waals surface area contributed by atoms with Crippen molar-refractivity contribution in [3.05, 3.63) is 58.8 Å². The largest absolute Gasteiger partial charge is 0.376 e. The van der Waals surface area contributed by atoms with Crippen molar-refractivity contribution in [2.24, 2.45) is 0 Å². The van der Waals surface area contributed by atoms with Gasteiger partial charge < -0.3 is 10.4 Å². The average Bonchev–Trinajstić information content (AvgIpc) is 2.39. The predicted octanol–water partition coefficient (Wildman–Crippen LogP) is 2.69. The van der Waals surface area contributed by atoms with Gasteiger partial charge in [0.05, 0.1) is 0 Å².